The number of thiophene rings is 1. The zero-order chi connectivity index (χ0) is 26.5. The van der Waals surface area contributed by atoms with Crippen LogP contribution in [0, 0.1) is 0 Å². The molecule has 0 bridgehead atoms. The zero-order valence-corrected chi connectivity index (χ0v) is 24.2. The SMILES string of the molecule is CCCCN(C(Cc1ccccc1CN1CCCCC1)c1nc2ccccc2[nH]1)S(=O)(=O)c1ccc(Cl)s1. The van der Waals surface area contributed by atoms with Crippen molar-refractivity contribution in [2.45, 2.75) is 62.2 Å². The van der Waals surface area contributed by atoms with Crippen molar-refractivity contribution in [1.82, 2.24) is 19.2 Å². The molecule has 1 unspecified atom stereocenters. The van der Waals surface area contributed by atoms with Crippen molar-refractivity contribution >= 4 is 44.0 Å². The van der Waals surface area contributed by atoms with E-state index < -0.39 is 16.1 Å². The molecule has 1 saturated heterocycles. The Morgan fingerprint density at radius 3 is 2.47 bits per heavy atom. The average molecular weight is 571 g/mol. The number of hydrogen-bond acceptors (Lipinski definition) is 5. The van der Waals surface area contributed by atoms with Crippen LogP contribution in [0.25, 0.3) is 11.0 Å². The van der Waals surface area contributed by atoms with Crippen LogP contribution < -0.4 is 0 Å². The largest absolute Gasteiger partial charge is 0.341 e. The van der Waals surface area contributed by atoms with E-state index in [9.17, 15) is 8.42 Å². The van der Waals surface area contributed by atoms with E-state index in [1.807, 2.05) is 24.3 Å². The van der Waals surface area contributed by atoms with Gasteiger partial charge >= 0.3 is 0 Å². The van der Waals surface area contributed by atoms with E-state index in [-0.39, 0.29) is 4.21 Å². The Labute approximate surface area is 234 Å². The number of halogens is 1. The van der Waals surface area contributed by atoms with Crippen molar-refractivity contribution < 1.29 is 8.42 Å². The Bertz CT molecular complexity index is 1430. The second kappa shape index (κ2) is 12.3. The molecule has 202 valence electrons. The number of sulfonamides is 1. The summed E-state index contributed by atoms with van der Waals surface area (Å²) in [6.45, 7) is 5.58. The number of piperidine rings is 1. The van der Waals surface area contributed by atoms with Gasteiger partial charge in [-0.25, -0.2) is 13.4 Å². The Morgan fingerprint density at radius 1 is 1.03 bits per heavy atom. The van der Waals surface area contributed by atoms with Crippen LogP contribution in [0.1, 0.15) is 62.0 Å². The van der Waals surface area contributed by atoms with Gasteiger partial charge in [-0.15, -0.1) is 11.3 Å². The lowest BCUT2D eigenvalue weighted by Crippen LogP contribution is -2.37. The highest BCUT2D eigenvalue weighted by atomic mass is 35.5. The first kappa shape index (κ1) is 27.3. The summed E-state index contributed by atoms with van der Waals surface area (Å²) >= 11 is 7.29. The number of imidazole rings is 1. The monoisotopic (exact) mass is 570 g/mol. The number of nitrogens with zero attached hydrogens (tertiary/aromatic N) is 3. The number of benzene rings is 2. The van der Waals surface area contributed by atoms with Crippen LogP contribution in [-0.4, -0.2) is 47.2 Å². The highest BCUT2D eigenvalue weighted by Gasteiger charge is 2.35. The van der Waals surface area contributed by atoms with Gasteiger partial charge in [0.05, 0.1) is 21.4 Å². The first-order valence-corrected chi connectivity index (χ1v) is 16.1. The summed E-state index contributed by atoms with van der Waals surface area (Å²) in [5, 5.41) is 0. The Hall–Kier alpha value is -2.23. The smallest absolute Gasteiger partial charge is 0.253 e. The standard InChI is InChI=1S/C29H35ClN4O2S2/c1-2-3-19-34(38(35,36)28-16-15-27(30)37-28)26(29-31-24-13-7-8-14-25(24)32-29)20-22-11-5-6-12-23(22)21-33-17-9-4-10-18-33/h5-8,11-16,26H,2-4,9-10,17-21H2,1H3,(H,31,32). The van der Waals surface area contributed by atoms with Crippen LogP contribution >= 0.6 is 22.9 Å². The fraction of sp³-hybridized carbons (Fsp3) is 0.414. The van der Waals surface area contributed by atoms with E-state index in [1.165, 1.54) is 24.8 Å². The number of rotatable bonds is 11. The van der Waals surface area contributed by atoms with E-state index in [0.29, 0.717) is 23.1 Å². The molecule has 9 heteroatoms. The van der Waals surface area contributed by atoms with Gasteiger partial charge in [0.25, 0.3) is 10.0 Å². The van der Waals surface area contributed by atoms with Gasteiger partial charge in [-0.05, 0) is 74.2 Å². The number of hydrogen-bond donors (Lipinski definition) is 1. The Morgan fingerprint density at radius 2 is 1.76 bits per heavy atom. The molecule has 0 amide bonds. The van der Waals surface area contributed by atoms with Gasteiger partial charge in [-0.2, -0.15) is 4.31 Å². The second-order valence-corrected chi connectivity index (χ2v) is 13.8. The molecule has 4 aromatic rings. The van der Waals surface area contributed by atoms with Crippen LogP contribution in [0.5, 0.6) is 0 Å². The Balaban J connectivity index is 1.57. The predicted octanol–water partition coefficient (Wildman–Crippen LogP) is 7.04. The van der Waals surface area contributed by atoms with Crippen LogP contribution in [-0.2, 0) is 23.0 Å². The Kier molecular flexibility index (Phi) is 8.85. The maximum atomic E-state index is 14.1. The number of aromatic amines is 1. The number of likely N-dealkylation sites (tertiary alicyclic amines) is 1. The summed E-state index contributed by atoms with van der Waals surface area (Å²) in [6, 6.07) is 19.1. The average Bonchev–Trinajstić information content (AvgIpc) is 3.56. The summed E-state index contributed by atoms with van der Waals surface area (Å²) in [7, 11) is -3.80. The summed E-state index contributed by atoms with van der Waals surface area (Å²) in [6.07, 6.45) is 5.93. The van der Waals surface area contributed by atoms with Gasteiger partial charge in [0.2, 0.25) is 0 Å². The molecule has 1 aliphatic heterocycles. The predicted molar refractivity (Wildman–Crippen MR) is 156 cm³/mol. The highest BCUT2D eigenvalue weighted by Crippen LogP contribution is 2.35. The molecule has 0 aliphatic carbocycles. The molecule has 3 heterocycles. The van der Waals surface area contributed by atoms with Gasteiger partial charge in [-0.1, -0.05) is 67.8 Å². The molecule has 0 radical (unpaired) electrons. The molecule has 5 rings (SSSR count). The summed E-state index contributed by atoms with van der Waals surface area (Å²) < 4.78 is 30.6. The molecule has 1 aliphatic rings. The number of aromatic nitrogens is 2. The van der Waals surface area contributed by atoms with Crippen LogP contribution in [0.2, 0.25) is 4.34 Å². The van der Waals surface area contributed by atoms with Crippen molar-refractivity contribution in [2.24, 2.45) is 0 Å². The third-order valence-corrected chi connectivity index (χ3v) is 10.9. The van der Waals surface area contributed by atoms with E-state index in [1.54, 1.807) is 16.4 Å². The second-order valence-electron chi connectivity index (χ2n) is 9.99. The quantitative estimate of drug-likeness (QED) is 0.210. The molecule has 38 heavy (non-hydrogen) atoms. The van der Waals surface area contributed by atoms with E-state index in [2.05, 4.69) is 41.1 Å². The van der Waals surface area contributed by atoms with Crippen molar-refractivity contribution in [1.29, 1.82) is 0 Å². The van der Waals surface area contributed by atoms with Crippen molar-refractivity contribution in [3.63, 3.8) is 0 Å². The van der Waals surface area contributed by atoms with Gasteiger partial charge in [0.1, 0.15) is 10.0 Å². The fourth-order valence-electron chi connectivity index (χ4n) is 5.25. The molecular weight excluding hydrogens is 536 g/mol. The van der Waals surface area contributed by atoms with Crippen LogP contribution in [0.3, 0.4) is 0 Å². The minimum atomic E-state index is -3.80. The molecule has 0 saturated carbocycles. The fourth-order valence-corrected chi connectivity index (χ4v) is 8.49. The van der Waals surface area contributed by atoms with Crippen molar-refractivity contribution in [3.8, 4) is 0 Å². The maximum Gasteiger partial charge on any atom is 0.253 e. The molecule has 0 spiro atoms. The minimum Gasteiger partial charge on any atom is -0.341 e. The minimum absolute atomic E-state index is 0.265. The lowest BCUT2D eigenvalue weighted by molar-refractivity contribution is 0.219. The molecule has 2 aromatic heterocycles. The molecule has 1 N–H and O–H groups in total. The van der Waals surface area contributed by atoms with E-state index >= 15 is 0 Å². The van der Waals surface area contributed by atoms with Crippen molar-refractivity contribution in [3.05, 3.63) is 82.0 Å². The molecule has 1 atom stereocenters. The third-order valence-electron chi connectivity index (χ3n) is 7.29. The summed E-state index contributed by atoms with van der Waals surface area (Å²) in [5.74, 6) is 0.668. The number of H-pyrrole nitrogens is 1. The number of unbranched alkanes of at least 4 members (excludes halogenated alkanes) is 1. The molecule has 2 aromatic carbocycles. The first-order valence-electron chi connectivity index (χ1n) is 13.5. The molecular formula is C29H35ClN4O2S2. The van der Waals surface area contributed by atoms with Gasteiger partial charge in [0.15, 0.2) is 0 Å². The first-order chi connectivity index (χ1) is 18.5. The number of nitrogens with one attached hydrogen (secondary N) is 1. The third kappa shape index (κ3) is 6.15. The van der Waals surface area contributed by atoms with Crippen LogP contribution in [0.15, 0.2) is 64.9 Å². The lowest BCUT2D eigenvalue weighted by Gasteiger charge is -2.31. The van der Waals surface area contributed by atoms with Crippen molar-refractivity contribution in [2.75, 3.05) is 19.6 Å². The summed E-state index contributed by atoms with van der Waals surface area (Å²) in [5.41, 5.74) is 4.15. The normalized spacial score (nSPS) is 15.9. The lowest BCUT2D eigenvalue weighted by atomic mass is 9.98. The van der Waals surface area contributed by atoms with Gasteiger partial charge < -0.3 is 4.98 Å². The summed E-state index contributed by atoms with van der Waals surface area (Å²) in [4.78, 5) is 10.9. The highest BCUT2D eigenvalue weighted by molar-refractivity contribution is 7.91. The van der Waals surface area contributed by atoms with Gasteiger partial charge in [-0.3, -0.25) is 4.90 Å². The van der Waals surface area contributed by atoms with E-state index in [0.717, 1.165) is 60.4 Å². The topological polar surface area (TPSA) is 69.3 Å². The van der Waals surface area contributed by atoms with Gasteiger partial charge in [0, 0.05) is 13.1 Å². The molecule has 1 fully saturated rings. The van der Waals surface area contributed by atoms with Crippen LogP contribution in [0.4, 0.5) is 0 Å². The maximum absolute atomic E-state index is 14.1. The number of para-hydroxylation sites is 2. The zero-order valence-electron chi connectivity index (χ0n) is 21.8. The van der Waals surface area contributed by atoms with E-state index in [4.69, 9.17) is 16.6 Å². The molecule has 6 nitrogen and oxygen atoms in total. The number of fused-ring (bicyclic) bond motifs is 1.